The van der Waals surface area contributed by atoms with Crippen molar-refractivity contribution in [2.45, 2.75) is 55.8 Å². The Labute approximate surface area is 169 Å². The van der Waals surface area contributed by atoms with Gasteiger partial charge in [-0.25, -0.2) is 13.1 Å². The second kappa shape index (κ2) is 8.14. The number of rotatable bonds is 7. The fourth-order valence-electron chi connectivity index (χ4n) is 3.60. The summed E-state index contributed by atoms with van der Waals surface area (Å²) in [6.07, 6.45) is 7.20. The van der Waals surface area contributed by atoms with E-state index in [1.807, 2.05) is 41.9 Å². The molecule has 0 aromatic carbocycles. The maximum absolute atomic E-state index is 12.6. The third kappa shape index (κ3) is 4.04. The zero-order valence-corrected chi connectivity index (χ0v) is 17.5. The van der Waals surface area contributed by atoms with Crippen LogP contribution in [0.4, 0.5) is 0 Å². The molecule has 0 unspecified atom stereocenters. The molecule has 6 nitrogen and oxygen atoms in total. The molecule has 0 spiro atoms. The van der Waals surface area contributed by atoms with Crippen molar-refractivity contribution >= 4 is 21.4 Å². The van der Waals surface area contributed by atoms with Crippen molar-refractivity contribution in [3.8, 4) is 11.4 Å². The van der Waals surface area contributed by atoms with Crippen molar-refractivity contribution in [3.05, 3.63) is 53.2 Å². The molecule has 0 atom stereocenters. The number of sulfonamides is 1. The van der Waals surface area contributed by atoms with Crippen molar-refractivity contribution in [1.29, 1.82) is 0 Å². The molecule has 4 rings (SSSR count). The number of nitrogens with zero attached hydrogens (tertiary/aromatic N) is 3. The fraction of sp³-hybridized carbons (Fsp3) is 0.400. The van der Waals surface area contributed by atoms with Gasteiger partial charge in [-0.1, -0.05) is 25.8 Å². The molecule has 1 N–H and O–H groups in total. The van der Waals surface area contributed by atoms with E-state index in [9.17, 15) is 8.42 Å². The molecular formula is C20H24N4O2S2. The van der Waals surface area contributed by atoms with Crippen molar-refractivity contribution in [1.82, 2.24) is 19.5 Å². The average Bonchev–Trinajstić information content (AvgIpc) is 3.47. The van der Waals surface area contributed by atoms with Gasteiger partial charge in [-0.15, -0.1) is 11.3 Å². The maximum Gasteiger partial charge on any atom is 0.250 e. The zero-order valence-electron chi connectivity index (χ0n) is 15.8. The maximum atomic E-state index is 12.6. The Morgan fingerprint density at radius 2 is 2.04 bits per heavy atom. The Morgan fingerprint density at radius 1 is 1.21 bits per heavy atom. The Hall–Kier alpha value is -2.03. The Morgan fingerprint density at radius 3 is 2.71 bits per heavy atom. The summed E-state index contributed by atoms with van der Waals surface area (Å²) in [7, 11) is -3.53. The summed E-state index contributed by atoms with van der Waals surface area (Å²) >= 11 is 1.31. The summed E-state index contributed by atoms with van der Waals surface area (Å²) in [5.41, 5.74) is 2.52. The molecule has 8 heteroatoms. The summed E-state index contributed by atoms with van der Waals surface area (Å²) in [5, 5.41) is 4.74. The van der Waals surface area contributed by atoms with Gasteiger partial charge in [-0.2, -0.15) is 5.10 Å². The molecule has 0 aliphatic heterocycles. The molecule has 1 fully saturated rings. The normalized spacial score (nSPS) is 15.3. The van der Waals surface area contributed by atoms with E-state index in [0.717, 1.165) is 35.5 Å². The molecule has 0 amide bonds. The predicted octanol–water partition coefficient (Wildman–Crippen LogP) is 4.16. The lowest BCUT2D eigenvalue weighted by Gasteiger charge is -2.13. The summed E-state index contributed by atoms with van der Waals surface area (Å²) in [6, 6.07) is 11.7. The Bertz CT molecular complexity index is 1040. The van der Waals surface area contributed by atoms with Gasteiger partial charge in [0, 0.05) is 11.1 Å². The molecule has 28 heavy (non-hydrogen) atoms. The monoisotopic (exact) mass is 416 g/mol. The average molecular weight is 417 g/mol. The SMILES string of the molecule is CCc1ccc(S(=O)(=O)NCc2cc(-c3ccccn3)n(C3CCCC3)n2)s1. The third-order valence-corrected chi connectivity index (χ3v) is 8.20. The zero-order chi connectivity index (χ0) is 19.6. The highest BCUT2D eigenvalue weighted by atomic mass is 32.2. The van der Waals surface area contributed by atoms with E-state index in [1.165, 1.54) is 24.2 Å². The topological polar surface area (TPSA) is 76.9 Å². The summed E-state index contributed by atoms with van der Waals surface area (Å²) < 4.78 is 30.3. The van der Waals surface area contributed by atoms with Crippen LogP contribution in [0, 0.1) is 0 Å². The van der Waals surface area contributed by atoms with E-state index < -0.39 is 10.0 Å². The summed E-state index contributed by atoms with van der Waals surface area (Å²) in [4.78, 5) is 5.52. The first-order valence-corrected chi connectivity index (χ1v) is 11.9. The molecule has 3 heterocycles. The van der Waals surface area contributed by atoms with Gasteiger partial charge in [0.2, 0.25) is 10.0 Å². The lowest BCUT2D eigenvalue weighted by molar-refractivity contribution is 0.466. The molecule has 148 valence electrons. The van der Waals surface area contributed by atoms with Gasteiger partial charge in [0.25, 0.3) is 0 Å². The van der Waals surface area contributed by atoms with Crippen LogP contribution >= 0.6 is 11.3 Å². The van der Waals surface area contributed by atoms with Crippen LogP contribution in [0.2, 0.25) is 0 Å². The van der Waals surface area contributed by atoms with E-state index >= 15 is 0 Å². The highest BCUT2D eigenvalue weighted by molar-refractivity contribution is 7.91. The van der Waals surface area contributed by atoms with E-state index in [-0.39, 0.29) is 6.54 Å². The molecule has 1 aliphatic rings. The number of hydrogen-bond acceptors (Lipinski definition) is 5. The standard InChI is InChI=1S/C20H24N4O2S2/c1-2-17-10-11-20(27-17)28(25,26)22-14-15-13-19(18-9-5-6-12-21-18)24(23-15)16-7-3-4-8-16/h5-6,9-13,16,22H,2-4,7-8,14H2,1H3. The third-order valence-electron chi connectivity index (χ3n) is 5.08. The quantitative estimate of drug-likeness (QED) is 0.627. The Kier molecular flexibility index (Phi) is 5.61. The second-order valence-electron chi connectivity index (χ2n) is 7.02. The number of pyridine rings is 1. The van der Waals surface area contributed by atoms with Gasteiger partial charge in [-0.05, 0) is 49.6 Å². The van der Waals surface area contributed by atoms with Gasteiger partial charge in [0.05, 0.1) is 29.7 Å². The van der Waals surface area contributed by atoms with Crippen LogP contribution in [0.5, 0.6) is 0 Å². The molecule has 1 aliphatic carbocycles. The van der Waals surface area contributed by atoms with Crippen LogP contribution < -0.4 is 4.72 Å². The number of aromatic nitrogens is 3. The predicted molar refractivity (Wildman–Crippen MR) is 111 cm³/mol. The molecule has 3 aromatic heterocycles. The first-order valence-electron chi connectivity index (χ1n) is 9.65. The molecule has 3 aromatic rings. The highest BCUT2D eigenvalue weighted by Gasteiger charge is 2.23. The lowest BCUT2D eigenvalue weighted by Crippen LogP contribution is -2.22. The fourth-order valence-corrected chi connectivity index (χ4v) is 5.94. The van der Waals surface area contributed by atoms with Gasteiger partial charge in [0.15, 0.2) is 0 Å². The van der Waals surface area contributed by atoms with Gasteiger partial charge >= 0.3 is 0 Å². The Balaban J connectivity index is 1.58. The summed E-state index contributed by atoms with van der Waals surface area (Å²) in [5.74, 6) is 0. The molecular weight excluding hydrogens is 392 g/mol. The van der Waals surface area contributed by atoms with Gasteiger partial charge in [-0.3, -0.25) is 9.67 Å². The van der Waals surface area contributed by atoms with Crippen LogP contribution in [0.3, 0.4) is 0 Å². The van der Waals surface area contributed by atoms with Crippen LogP contribution in [0.1, 0.15) is 49.2 Å². The van der Waals surface area contributed by atoms with E-state index in [4.69, 9.17) is 5.10 Å². The first-order chi connectivity index (χ1) is 13.6. The van der Waals surface area contributed by atoms with Crippen molar-refractivity contribution < 1.29 is 8.42 Å². The van der Waals surface area contributed by atoms with E-state index in [2.05, 4.69) is 9.71 Å². The minimum Gasteiger partial charge on any atom is -0.260 e. The lowest BCUT2D eigenvalue weighted by atomic mass is 10.2. The molecule has 1 saturated carbocycles. The van der Waals surface area contributed by atoms with Crippen LogP contribution in [0.25, 0.3) is 11.4 Å². The van der Waals surface area contributed by atoms with Crippen LogP contribution in [0.15, 0.2) is 46.8 Å². The second-order valence-corrected chi connectivity index (χ2v) is 10.2. The number of aryl methyl sites for hydroxylation is 1. The number of nitrogens with one attached hydrogen (secondary N) is 1. The molecule has 0 saturated heterocycles. The number of hydrogen-bond donors (Lipinski definition) is 1. The van der Waals surface area contributed by atoms with E-state index in [0.29, 0.717) is 15.9 Å². The molecule has 0 radical (unpaired) electrons. The van der Waals surface area contributed by atoms with Gasteiger partial charge in [0.1, 0.15) is 4.21 Å². The minimum absolute atomic E-state index is 0.168. The van der Waals surface area contributed by atoms with Gasteiger partial charge < -0.3 is 0 Å². The van der Waals surface area contributed by atoms with E-state index in [1.54, 1.807) is 12.3 Å². The highest BCUT2D eigenvalue weighted by Crippen LogP contribution is 2.33. The van der Waals surface area contributed by atoms with Crippen molar-refractivity contribution in [2.75, 3.05) is 0 Å². The van der Waals surface area contributed by atoms with Crippen molar-refractivity contribution in [2.24, 2.45) is 0 Å². The largest absolute Gasteiger partial charge is 0.260 e. The first kappa shape index (κ1) is 19.3. The summed E-state index contributed by atoms with van der Waals surface area (Å²) in [6.45, 7) is 2.19. The minimum atomic E-state index is -3.53. The molecule has 0 bridgehead atoms. The van der Waals surface area contributed by atoms with Crippen LogP contribution in [-0.4, -0.2) is 23.2 Å². The van der Waals surface area contributed by atoms with Crippen LogP contribution in [-0.2, 0) is 23.0 Å². The number of thiophene rings is 1. The smallest absolute Gasteiger partial charge is 0.250 e. The van der Waals surface area contributed by atoms with Crippen molar-refractivity contribution in [3.63, 3.8) is 0 Å².